The van der Waals surface area contributed by atoms with Crippen molar-refractivity contribution < 1.29 is 22.4 Å². The van der Waals surface area contributed by atoms with E-state index in [-0.39, 0.29) is 23.5 Å². The van der Waals surface area contributed by atoms with E-state index in [9.17, 15) is 13.2 Å². The summed E-state index contributed by atoms with van der Waals surface area (Å²) in [7, 11) is -3.10. The summed E-state index contributed by atoms with van der Waals surface area (Å²) in [5.41, 5.74) is 2.07. The van der Waals surface area contributed by atoms with Gasteiger partial charge in [0, 0.05) is 19.8 Å². The molecule has 3 aromatic heterocycles. The number of amides is 1. The Hall–Kier alpha value is -2.72. The van der Waals surface area contributed by atoms with Crippen molar-refractivity contribution in [3.63, 3.8) is 0 Å². The fourth-order valence-corrected chi connectivity index (χ4v) is 5.57. The molecule has 31 heavy (non-hydrogen) atoms. The molecular formula is C21H26N4O5S. The molecule has 166 valence electrons. The summed E-state index contributed by atoms with van der Waals surface area (Å²) in [5, 5.41) is 8.14. The van der Waals surface area contributed by atoms with Gasteiger partial charge in [0.05, 0.1) is 40.5 Å². The highest BCUT2D eigenvalue weighted by atomic mass is 32.2. The SMILES string of the molecule is CCOCCCNC(=O)c1cc(-c2ccco2)nc2c1c(C)nn2[C@@H]1CCS(=O)(=O)C1. The monoisotopic (exact) mass is 446 g/mol. The lowest BCUT2D eigenvalue weighted by Crippen LogP contribution is -2.25. The van der Waals surface area contributed by atoms with Crippen LogP contribution in [-0.4, -0.2) is 60.4 Å². The number of carbonyl (C=O) groups excluding carboxylic acids is 1. The first-order valence-electron chi connectivity index (χ1n) is 10.4. The quantitative estimate of drug-likeness (QED) is 0.529. The molecule has 0 saturated carbocycles. The number of ether oxygens (including phenoxy) is 1. The molecule has 4 heterocycles. The number of aromatic nitrogens is 3. The third-order valence-electron chi connectivity index (χ3n) is 5.36. The molecule has 1 aliphatic rings. The lowest BCUT2D eigenvalue weighted by molar-refractivity contribution is 0.0945. The second-order valence-corrected chi connectivity index (χ2v) is 9.85. The Morgan fingerprint density at radius 3 is 2.94 bits per heavy atom. The zero-order chi connectivity index (χ0) is 22.0. The predicted molar refractivity (Wildman–Crippen MR) is 116 cm³/mol. The van der Waals surface area contributed by atoms with Crippen LogP contribution < -0.4 is 5.32 Å². The summed E-state index contributed by atoms with van der Waals surface area (Å²) in [6.07, 6.45) is 2.72. The number of aryl methyl sites for hydroxylation is 1. The number of furan rings is 1. The van der Waals surface area contributed by atoms with Crippen LogP contribution in [0.5, 0.6) is 0 Å². The van der Waals surface area contributed by atoms with Crippen LogP contribution in [-0.2, 0) is 14.6 Å². The van der Waals surface area contributed by atoms with Crippen LogP contribution in [0.3, 0.4) is 0 Å². The van der Waals surface area contributed by atoms with E-state index in [1.807, 2.05) is 13.8 Å². The van der Waals surface area contributed by atoms with Crippen LogP contribution in [0.4, 0.5) is 0 Å². The molecule has 3 aromatic rings. The van der Waals surface area contributed by atoms with Gasteiger partial charge in [-0.25, -0.2) is 18.1 Å². The third-order valence-corrected chi connectivity index (χ3v) is 7.11. The zero-order valence-electron chi connectivity index (χ0n) is 17.6. The fraction of sp³-hybridized carbons (Fsp3) is 0.476. The minimum Gasteiger partial charge on any atom is -0.463 e. The topological polar surface area (TPSA) is 116 Å². The average molecular weight is 447 g/mol. The lowest BCUT2D eigenvalue weighted by atomic mass is 10.1. The van der Waals surface area contributed by atoms with E-state index >= 15 is 0 Å². The summed E-state index contributed by atoms with van der Waals surface area (Å²) in [6.45, 7) is 5.43. The number of sulfone groups is 1. The van der Waals surface area contributed by atoms with E-state index in [0.29, 0.717) is 66.3 Å². The molecule has 0 radical (unpaired) electrons. The van der Waals surface area contributed by atoms with E-state index in [0.717, 1.165) is 0 Å². The molecule has 1 atom stereocenters. The number of fused-ring (bicyclic) bond motifs is 1. The first-order valence-corrected chi connectivity index (χ1v) is 12.2. The van der Waals surface area contributed by atoms with Gasteiger partial charge in [-0.15, -0.1) is 0 Å². The molecule has 1 saturated heterocycles. The minimum atomic E-state index is -3.10. The molecule has 4 rings (SSSR count). The molecule has 9 nitrogen and oxygen atoms in total. The number of nitrogens with zero attached hydrogens (tertiary/aromatic N) is 3. The number of hydrogen-bond donors (Lipinski definition) is 1. The van der Waals surface area contributed by atoms with Gasteiger partial charge in [0.2, 0.25) is 0 Å². The van der Waals surface area contributed by atoms with Gasteiger partial charge in [0.15, 0.2) is 21.2 Å². The lowest BCUT2D eigenvalue weighted by Gasteiger charge is -2.11. The van der Waals surface area contributed by atoms with Gasteiger partial charge in [-0.2, -0.15) is 5.10 Å². The van der Waals surface area contributed by atoms with Crippen LogP contribution in [0.15, 0.2) is 28.9 Å². The zero-order valence-corrected chi connectivity index (χ0v) is 18.4. The predicted octanol–water partition coefficient (Wildman–Crippen LogP) is 2.52. The Morgan fingerprint density at radius 1 is 1.42 bits per heavy atom. The highest BCUT2D eigenvalue weighted by molar-refractivity contribution is 7.91. The molecule has 0 spiro atoms. The van der Waals surface area contributed by atoms with Crippen molar-refractivity contribution in [2.75, 3.05) is 31.3 Å². The van der Waals surface area contributed by atoms with E-state index in [4.69, 9.17) is 14.1 Å². The van der Waals surface area contributed by atoms with Gasteiger partial charge < -0.3 is 14.5 Å². The van der Waals surface area contributed by atoms with Gasteiger partial charge in [-0.1, -0.05) is 0 Å². The molecular weight excluding hydrogens is 420 g/mol. The molecule has 0 unspecified atom stereocenters. The molecule has 0 bridgehead atoms. The van der Waals surface area contributed by atoms with Crippen molar-refractivity contribution in [1.82, 2.24) is 20.1 Å². The summed E-state index contributed by atoms with van der Waals surface area (Å²) in [6, 6.07) is 4.91. The van der Waals surface area contributed by atoms with Crippen molar-refractivity contribution in [2.45, 2.75) is 32.7 Å². The maximum atomic E-state index is 13.1. The molecule has 1 fully saturated rings. The van der Waals surface area contributed by atoms with Crippen LogP contribution in [0.1, 0.15) is 41.9 Å². The molecule has 1 amide bonds. The smallest absolute Gasteiger partial charge is 0.252 e. The summed E-state index contributed by atoms with van der Waals surface area (Å²) in [5.74, 6) is 0.438. The number of pyridine rings is 1. The first-order chi connectivity index (χ1) is 14.9. The van der Waals surface area contributed by atoms with Crippen molar-refractivity contribution in [2.24, 2.45) is 0 Å². The number of carbonyl (C=O) groups is 1. The number of hydrogen-bond acceptors (Lipinski definition) is 7. The minimum absolute atomic E-state index is 0.0227. The Morgan fingerprint density at radius 2 is 2.26 bits per heavy atom. The molecule has 1 aliphatic heterocycles. The second kappa shape index (κ2) is 8.80. The summed E-state index contributed by atoms with van der Waals surface area (Å²) < 4.78 is 36.5. The van der Waals surface area contributed by atoms with Gasteiger partial charge in [-0.3, -0.25) is 4.79 Å². The van der Waals surface area contributed by atoms with Gasteiger partial charge >= 0.3 is 0 Å². The van der Waals surface area contributed by atoms with Crippen LogP contribution >= 0.6 is 0 Å². The van der Waals surface area contributed by atoms with E-state index in [2.05, 4.69) is 10.4 Å². The largest absolute Gasteiger partial charge is 0.463 e. The summed E-state index contributed by atoms with van der Waals surface area (Å²) >= 11 is 0. The highest BCUT2D eigenvalue weighted by Gasteiger charge is 2.32. The standard InChI is InChI=1S/C21H26N4O5S/c1-3-29-9-5-8-22-21(26)16-12-17(18-6-4-10-30-18)23-20-19(16)14(2)24-25(20)15-7-11-31(27,28)13-15/h4,6,10,12,15H,3,5,7-9,11,13H2,1-2H3,(H,22,26)/t15-/m1/s1. The molecule has 1 N–H and O–H groups in total. The van der Waals surface area contributed by atoms with Gasteiger partial charge in [-0.05, 0) is 44.9 Å². The Balaban J connectivity index is 1.75. The maximum absolute atomic E-state index is 13.1. The second-order valence-electron chi connectivity index (χ2n) is 7.62. The third kappa shape index (κ3) is 4.49. The normalized spacial score (nSPS) is 17.9. The Labute approximate surface area is 180 Å². The summed E-state index contributed by atoms with van der Waals surface area (Å²) in [4.78, 5) is 17.8. The maximum Gasteiger partial charge on any atom is 0.252 e. The first kappa shape index (κ1) is 21.5. The number of rotatable bonds is 8. The van der Waals surface area contributed by atoms with E-state index in [1.54, 1.807) is 29.1 Å². The van der Waals surface area contributed by atoms with E-state index in [1.165, 1.54) is 0 Å². The molecule has 0 aromatic carbocycles. The Bertz CT molecular complexity index is 1180. The van der Waals surface area contributed by atoms with Crippen LogP contribution in [0.2, 0.25) is 0 Å². The Kier molecular flexibility index (Phi) is 6.10. The highest BCUT2D eigenvalue weighted by Crippen LogP contribution is 2.32. The van der Waals surface area contributed by atoms with Crippen molar-refractivity contribution in [3.8, 4) is 11.5 Å². The number of nitrogens with one attached hydrogen (secondary N) is 1. The fourth-order valence-electron chi connectivity index (χ4n) is 3.88. The van der Waals surface area contributed by atoms with Crippen LogP contribution in [0, 0.1) is 6.92 Å². The van der Waals surface area contributed by atoms with Crippen molar-refractivity contribution in [1.29, 1.82) is 0 Å². The molecule has 0 aliphatic carbocycles. The molecule has 10 heteroatoms. The van der Waals surface area contributed by atoms with Gasteiger partial charge in [0.25, 0.3) is 5.91 Å². The van der Waals surface area contributed by atoms with Gasteiger partial charge in [0.1, 0.15) is 5.69 Å². The van der Waals surface area contributed by atoms with Crippen molar-refractivity contribution in [3.05, 3.63) is 35.7 Å². The van der Waals surface area contributed by atoms with Crippen molar-refractivity contribution >= 4 is 26.8 Å². The van der Waals surface area contributed by atoms with E-state index < -0.39 is 9.84 Å². The van der Waals surface area contributed by atoms with Crippen LogP contribution in [0.25, 0.3) is 22.5 Å². The average Bonchev–Trinajstić information content (AvgIpc) is 3.46.